The molecular weight excluding hydrogens is 310 g/mol. The molecule has 0 fully saturated rings. The molecule has 0 saturated heterocycles. The number of nitriles is 1. The summed E-state index contributed by atoms with van der Waals surface area (Å²) >= 11 is 0. The lowest BCUT2D eigenvalue weighted by molar-refractivity contribution is -0.118. The van der Waals surface area contributed by atoms with E-state index in [9.17, 15) is 18.8 Å². The Hall–Kier alpha value is -2.48. The summed E-state index contributed by atoms with van der Waals surface area (Å²) in [6, 6.07) is 5.68. The van der Waals surface area contributed by atoms with E-state index in [1.807, 2.05) is 13.8 Å². The Morgan fingerprint density at radius 3 is 2.58 bits per heavy atom. The summed E-state index contributed by atoms with van der Waals surface area (Å²) < 4.78 is 27.0. The van der Waals surface area contributed by atoms with E-state index in [1.165, 1.54) is 6.07 Å². The van der Waals surface area contributed by atoms with Crippen molar-refractivity contribution in [2.45, 2.75) is 39.5 Å². The van der Waals surface area contributed by atoms with Crippen LogP contribution in [-0.4, -0.2) is 5.78 Å². The topological polar surface area (TPSA) is 52.9 Å². The molecular formula is C19H18F2N2O. The van der Waals surface area contributed by atoms with Gasteiger partial charge in [0.15, 0.2) is 17.4 Å². The molecule has 2 aliphatic rings. The van der Waals surface area contributed by atoms with Crippen LogP contribution in [0.3, 0.4) is 0 Å². The Morgan fingerprint density at radius 2 is 1.96 bits per heavy atom. The molecule has 1 atom stereocenters. The Labute approximate surface area is 139 Å². The highest BCUT2D eigenvalue weighted by atomic mass is 19.2. The normalized spacial score (nSPS) is 22.8. The first kappa shape index (κ1) is 16.4. The van der Waals surface area contributed by atoms with Crippen molar-refractivity contribution < 1.29 is 13.6 Å². The fourth-order valence-electron chi connectivity index (χ4n) is 3.61. The van der Waals surface area contributed by atoms with Gasteiger partial charge >= 0.3 is 0 Å². The Morgan fingerprint density at radius 1 is 1.25 bits per heavy atom. The Kier molecular flexibility index (Phi) is 3.79. The molecule has 1 aliphatic carbocycles. The summed E-state index contributed by atoms with van der Waals surface area (Å²) in [5.41, 5.74) is 2.55. The quantitative estimate of drug-likeness (QED) is 0.845. The van der Waals surface area contributed by atoms with Gasteiger partial charge in [-0.25, -0.2) is 8.78 Å². The molecule has 0 bridgehead atoms. The maximum Gasteiger partial charge on any atom is 0.162 e. The van der Waals surface area contributed by atoms with Crippen molar-refractivity contribution >= 4 is 5.78 Å². The van der Waals surface area contributed by atoms with Crippen LogP contribution in [0.15, 0.2) is 40.7 Å². The van der Waals surface area contributed by atoms with Crippen molar-refractivity contribution in [1.29, 1.82) is 5.26 Å². The van der Waals surface area contributed by atoms with E-state index in [0.29, 0.717) is 35.2 Å². The minimum Gasteiger partial charge on any atom is -0.361 e. The lowest BCUT2D eigenvalue weighted by Crippen LogP contribution is -2.36. The molecule has 1 N–H and O–H groups in total. The van der Waals surface area contributed by atoms with Crippen LogP contribution in [0, 0.1) is 28.4 Å². The Bertz CT molecular complexity index is 843. The fourth-order valence-corrected chi connectivity index (χ4v) is 3.61. The SMILES string of the molecule is CC1=C(C#N)C(c2ccc(F)c(F)c2)C2=C(CC(C)(C)CC2=O)N1. The molecule has 24 heavy (non-hydrogen) atoms. The first-order valence-electron chi connectivity index (χ1n) is 7.82. The summed E-state index contributed by atoms with van der Waals surface area (Å²) in [5, 5.41) is 12.7. The molecule has 1 heterocycles. The summed E-state index contributed by atoms with van der Waals surface area (Å²) in [6.07, 6.45) is 1.04. The van der Waals surface area contributed by atoms with Gasteiger partial charge in [0.05, 0.1) is 17.6 Å². The van der Waals surface area contributed by atoms with E-state index in [0.717, 1.165) is 17.8 Å². The summed E-state index contributed by atoms with van der Waals surface area (Å²) in [4.78, 5) is 12.8. The number of hydrogen-bond donors (Lipinski definition) is 1. The number of Topliss-reactive ketones (excluding diaryl/α,β-unsaturated/α-hetero) is 1. The van der Waals surface area contributed by atoms with Gasteiger partial charge in [-0.15, -0.1) is 0 Å². The minimum atomic E-state index is -0.980. The molecule has 0 radical (unpaired) electrons. The molecule has 1 aromatic carbocycles. The summed E-state index contributed by atoms with van der Waals surface area (Å²) in [6.45, 7) is 5.80. The van der Waals surface area contributed by atoms with Gasteiger partial charge in [-0.05, 0) is 36.5 Å². The average molecular weight is 328 g/mol. The number of halogens is 2. The molecule has 1 unspecified atom stereocenters. The molecule has 124 valence electrons. The second-order valence-corrected chi connectivity index (χ2v) is 7.22. The zero-order chi connectivity index (χ0) is 17.6. The molecule has 0 aromatic heterocycles. The zero-order valence-corrected chi connectivity index (χ0v) is 13.8. The van der Waals surface area contributed by atoms with E-state index < -0.39 is 17.6 Å². The number of nitrogens with one attached hydrogen (secondary N) is 1. The third-order valence-corrected chi connectivity index (χ3v) is 4.64. The van der Waals surface area contributed by atoms with Gasteiger partial charge in [0.1, 0.15) is 0 Å². The number of hydrogen-bond acceptors (Lipinski definition) is 3. The van der Waals surface area contributed by atoms with Crippen molar-refractivity contribution in [2.24, 2.45) is 5.41 Å². The van der Waals surface area contributed by atoms with Crippen molar-refractivity contribution in [2.75, 3.05) is 0 Å². The van der Waals surface area contributed by atoms with Gasteiger partial charge in [-0.1, -0.05) is 19.9 Å². The van der Waals surface area contributed by atoms with E-state index in [2.05, 4.69) is 11.4 Å². The van der Waals surface area contributed by atoms with Gasteiger partial charge in [-0.2, -0.15) is 5.26 Å². The first-order valence-corrected chi connectivity index (χ1v) is 7.82. The number of carbonyl (C=O) groups excluding carboxylic acids is 1. The monoisotopic (exact) mass is 328 g/mol. The second kappa shape index (κ2) is 5.55. The number of nitrogens with zero attached hydrogens (tertiary/aromatic N) is 1. The number of dihydropyridines is 1. The minimum absolute atomic E-state index is 0.0521. The molecule has 3 nitrogen and oxygen atoms in total. The van der Waals surface area contributed by atoms with Gasteiger partial charge in [-0.3, -0.25) is 4.79 Å². The second-order valence-electron chi connectivity index (χ2n) is 7.22. The molecule has 0 amide bonds. The van der Waals surface area contributed by atoms with Crippen LogP contribution in [0.1, 0.15) is 45.1 Å². The predicted octanol–water partition coefficient (Wildman–Crippen LogP) is 4.09. The number of ketones is 1. The summed E-state index contributed by atoms with van der Waals surface area (Å²) in [7, 11) is 0. The number of allylic oxidation sites excluding steroid dienone is 4. The van der Waals surface area contributed by atoms with Crippen molar-refractivity contribution in [3.8, 4) is 6.07 Å². The van der Waals surface area contributed by atoms with Crippen molar-refractivity contribution in [3.05, 3.63) is 57.9 Å². The molecule has 3 rings (SSSR count). The van der Waals surface area contributed by atoms with Crippen LogP contribution in [0.25, 0.3) is 0 Å². The average Bonchev–Trinajstić information content (AvgIpc) is 2.47. The number of rotatable bonds is 1. The lowest BCUT2D eigenvalue weighted by Gasteiger charge is -2.38. The summed E-state index contributed by atoms with van der Waals surface area (Å²) in [5.74, 6) is -2.63. The highest BCUT2D eigenvalue weighted by Gasteiger charge is 2.41. The molecule has 0 saturated carbocycles. The van der Waals surface area contributed by atoms with Crippen LogP contribution in [-0.2, 0) is 4.79 Å². The Balaban J connectivity index is 2.20. The smallest absolute Gasteiger partial charge is 0.162 e. The van der Waals surface area contributed by atoms with Gasteiger partial charge in [0.2, 0.25) is 0 Å². The highest BCUT2D eigenvalue weighted by molar-refractivity contribution is 6.00. The standard InChI is InChI=1S/C19H18F2N2O/c1-10-12(9-22)17(11-4-5-13(20)14(21)6-11)18-15(23-10)7-19(2,3)8-16(18)24/h4-6,17,23H,7-8H2,1-3H3. The molecule has 1 aromatic rings. The van der Waals surface area contributed by atoms with Gasteiger partial charge in [0, 0.05) is 23.4 Å². The first-order chi connectivity index (χ1) is 11.2. The molecule has 5 heteroatoms. The van der Waals surface area contributed by atoms with Crippen molar-refractivity contribution in [1.82, 2.24) is 5.32 Å². The van der Waals surface area contributed by atoms with E-state index in [4.69, 9.17) is 0 Å². The third-order valence-electron chi connectivity index (χ3n) is 4.64. The van der Waals surface area contributed by atoms with Gasteiger partial charge < -0.3 is 5.32 Å². The van der Waals surface area contributed by atoms with Crippen LogP contribution in [0.4, 0.5) is 8.78 Å². The van der Waals surface area contributed by atoms with Crippen LogP contribution in [0.2, 0.25) is 0 Å². The number of benzene rings is 1. The molecule has 0 spiro atoms. The van der Waals surface area contributed by atoms with Crippen molar-refractivity contribution in [3.63, 3.8) is 0 Å². The zero-order valence-electron chi connectivity index (χ0n) is 13.8. The number of carbonyl (C=O) groups is 1. The van der Waals surface area contributed by atoms with E-state index in [1.54, 1.807) is 6.92 Å². The maximum atomic E-state index is 13.7. The van der Waals surface area contributed by atoms with Crippen LogP contribution < -0.4 is 5.32 Å². The third kappa shape index (κ3) is 2.62. The van der Waals surface area contributed by atoms with Gasteiger partial charge in [0.25, 0.3) is 0 Å². The fraction of sp³-hybridized carbons (Fsp3) is 0.368. The van der Waals surface area contributed by atoms with Crippen LogP contribution in [0.5, 0.6) is 0 Å². The lowest BCUT2D eigenvalue weighted by atomic mass is 9.69. The molecule has 1 aliphatic heterocycles. The van der Waals surface area contributed by atoms with Crippen LogP contribution >= 0.6 is 0 Å². The largest absolute Gasteiger partial charge is 0.361 e. The predicted molar refractivity (Wildman–Crippen MR) is 85.6 cm³/mol. The maximum absolute atomic E-state index is 13.7. The van der Waals surface area contributed by atoms with E-state index in [-0.39, 0.29) is 11.2 Å². The highest BCUT2D eigenvalue weighted by Crippen LogP contribution is 2.46. The van der Waals surface area contributed by atoms with E-state index >= 15 is 0 Å².